The molecule has 0 saturated carbocycles. The highest BCUT2D eigenvalue weighted by Gasteiger charge is 2.06. The predicted octanol–water partition coefficient (Wildman–Crippen LogP) is 2.82. The van der Waals surface area contributed by atoms with Crippen LogP contribution < -0.4 is 5.32 Å². The van der Waals surface area contributed by atoms with Gasteiger partial charge in [-0.3, -0.25) is 0 Å². The Morgan fingerprint density at radius 2 is 2.26 bits per heavy atom. The summed E-state index contributed by atoms with van der Waals surface area (Å²) in [7, 11) is 0. The van der Waals surface area contributed by atoms with Crippen molar-refractivity contribution in [2.45, 2.75) is 39.3 Å². The first-order chi connectivity index (χ1) is 11.1. The highest BCUT2D eigenvalue weighted by molar-refractivity contribution is 5.74. The third kappa shape index (κ3) is 3.96. The number of hydrogen-bond donors (Lipinski definition) is 2. The molecule has 0 aliphatic heterocycles. The molecule has 5 nitrogen and oxygen atoms in total. The highest BCUT2D eigenvalue weighted by atomic mass is 19.1. The molecule has 2 aromatic heterocycles. The van der Waals surface area contributed by atoms with Crippen LogP contribution in [0, 0.1) is 12.7 Å². The van der Waals surface area contributed by atoms with Gasteiger partial charge >= 0.3 is 0 Å². The van der Waals surface area contributed by atoms with Crippen molar-refractivity contribution in [1.82, 2.24) is 24.8 Å². The number of nitrogens with one attached hydrogen (secondary N) is 2. The second-order valence-electron chi connectivity index (χ2n) is 5.93. The Morgan fingerprint density at radius 1 is 1.39 bits per heavy atom. The van der Waals surface area contributed by atoms with E-state index >= 15 is 0 Å². The molecule has 1 aromatic carbocycles. The molecule has 2 N–H and O–H groups in total. The van der Waals surface area contributed by atoms with Gasteiger partial charge in [-0.2, -0.15) is 0 Å². The molecule has 0 bridgehead atoms. The number of hydrogen-bond acceptors (Lipinski definition) is 3. The van der Waals surface area contributed by atoms with Gasteiger partial charge in [-0.1, -0.05) is 0 Å². The summed E-state index contributed by atoms with van der Waals surface area (Å²) in [5.41, 5.74) is 1.58. The van der Waals surface area contributed by atoms with Gasteiger partial charge in [-0.25, -0.2) is 14.4 Å². The van der Waals surface area contributed by atoms with Crippen molar-refractivity contribution in [1.29, 1.82) is 0 Å². The molecule has 2 heterocycles. The van der Waals surface area contributed by atoms with Crippen molar-refractivity contribution in [3.05, 3.63) is 48.1 Å². The van der Waals surface area contributed by atoms with Gasteiger partial charge in [-0.15, -0.1) is 0 Å². The first kappa shape index (κ1) is 15.7. The van der Waals surface area contributed by atoms with Crippen LogP contribution in [-0.2, 0) is 13.0 Å². The van der Waals surface area contributed by atoms with Crippen LogP contribution in [0.25, 0.3) is 11.0 Å². The zero-order chi connectivity index (χ0) is 16.2. The van der Waals surface area contributed by atoms with Crippen LogP contribution in [-0.4, -0.2) is 32.1 Å². The van der Waals surface area contributed by atoms with Crippen LogP contribution in [0.3, 0.4) is 0 Å². The third-order valence-electron chi connectivity index (χ3n) is 3.97. The van der Waals surface area contributed by atoms with Gasteiger partial charge in [0, 0.05) is 31.4 Å². The van der Waals surface area contributed by atoms with Crippen LogP contribution in [0.5, 0.6) is 0 Å². The van der Waals surface area contributed by atoms with Crippen LogP contribution in [0.2, 0.25) is 0 Å². The summed E-state index contributed by atoms with van der Waals surface area (Å²) in [6.07, 6.45) is 5.66. The fourth-order valence-electron chi connectivity index (χ4n) is 2.71. The molecule has 3 aromatic rings. The topological polar surface area (TPSA) is 58.5 Å². The van der Waals surface area contributed by atoms with E-state index in [1.807, 2.05) is 19.3 Å². The molecule has 6 heteroatoms. The van der Waals surface area contributed by atoms with Crippen LogP contribution in [0.4, 0.5) is 4.39 Å². The predicted molar refractivity (Wildman–Crippen MR) is 88.8 cm³/mol. The Morgan fingerprint density at radius 3 is 3.04 bits per heavy atom. The molecule has 1 atom stereocenters. The lowest BCUT2D eigenvalue weighted by molar-refractivity contribution is 0.466. The Hall–Kier alpha value is -2.21. The molecule has 0 fully saturated rings. The maximum absolute atomic E-state index is 13.2. The third-order valence-corrected chi connectivity index (χ3v) is 3.97. The number of H-pyrrole nitrogens is 1. The SMILES string of the molecule is Cc1nccn1C[C@H](C)NCCCc1nc2ccc(F)cc2[nH]1. The quantitative estimate of drug-likeness (QED) is 0.659. The van der Waals surface area contributed by atoms with Crippen molar-refractivity contribution in [2.24, 2.45) is 0 Å². The van der Waals surface area contributed by atoms with Gasteiger partial charge in [0.2, 0.25) is 0 Å². The summed E-state index contributed by atoms with van der Waals surface area (Å²) in [6, 6.07) is 5.01. The maximum Gasteiger partial charge on any atom is 0.125 e. The van der Waals surface area contributed by atoms with E-state index in [4.69, 9.17) is 0 Å². The van der Waals surface area contributed by atoms with E-state index in [0.29, 0.717) is 6.04 Å². The molecule has 23 heavy (non-hydrogen) atoms. The lowest BCUT2D eigenvalue weighted by atomic mass is 10.2. The van der Waals surface area contributed by atoms with E-state index in [-0.39, 0.29) is 5.82 Å². The summed E-state index contributed by atoms with van der Waals surface area (Å²) in [5, 5.41) is 3.51. The number of imidazole rings is 2. The second-order valence-corrected chi connectivity index (χ2v) is 5.93. The number of rotatable bonds is 7. The molecule has 3 rings (SSSR count). The molecule has 0 saturated heterocycles. The second kappa shape index (κ2) is 6.91. The average Bonchev–Trinajstić information content (AvgIpc) is 3.09. The van der Waals surface area contributed by atoms with Gasteiger partial charge in [0.25, 0.3) is 0 Å². The van der Waals surface area contributed by atoms with E-state index in [0.717, 1.165) is 48.6 Å². The minimum absolute atomic E-state index is 0.238. The van der Waals surface area contributed by atoms with Crippen molar-refractivity contribution >= 4 is 11.0 Å². The lowest BCUT2D eigenvalue weighted by Gasteiger charge is -2.15. The zero-order valence-corrected chi connectivity index (χ0v) is 13.5. The van der Waals surface area contributed by atoms with Crippen LogP contribution in [0.15, 0.2) is 30.6 Å². The smallest absolute Gasteiger partial charge is 0.125 e. The molecule has 0 radical (unpaired) electrons. The fraction of sp³-hybridized carbons (Fsp3) is 0.412. The summed E-state index contributed by atoms with van der Waals surface area (Å²) < 4.78 is 15.3. The standard InChI is InChI=1S/C17H22FN5/c1-12(11-23-9-8-20-13(23)2)19-7-3-4-17-21-15-6-5-14(18)10-16(15)22-17/h5-6,8-10,12,19H,3-4,7,11H2,1-2H3,(H,21,22)/t12-/m0/s1. The van der Waals surface area contributed by atoms with Crippen molar-refractivity contribution < 1.29 is 4.39 Å². The van der Waals surface area contributed by atoms with Gasteiger partial charge in [-0.05, 0) is 45.0 Å². The molecule has 0 amide bonds. The van der Waals surface area contributed by atoms with E-state index in [1.165, 1.54) is 12.1 Å². The number of fused-ring (bicyclic) bond motifs is 1. The van der Waals surface area contributed by atoms with Gasteiger partial charge < -0.3 is 14.9 Å². The summed E-state index contributed by atoms with van der Waals surface area (Å²) in [4.78, 5) is 11.9. The Bertz CT molecular complexity index is 776. The molecule has 0 spiro atoms. The number of aromatic amines is 1. The first-order valence-corrected chi connectivity index (χ1v) is 7.97. The molecule has 0 unspecified atom stereocenters. The summed E-state index contributed by atoms with van der Waals surface area (Å²) in [6.45, 7) is 6.01. The monoisotopic (exact) mass is 315 g/mol. The Kier molecular flexibility index (Phi) is 4.71. The normalized spacial score (nSPS) is 12.8. The van der Waals surface area contributed by atoms with Crippen molar-refractivity contribution in [3.8, 4) is 0 Å². The number of nitrogens with zero attached hydrogens (tertiary/aromatic N) is 3. The minimum atomic E-state index is -0.238. The summed E-state index contributed by atoms with van der Waals surface area (Å²) in [5.74, 6) is 1.71. The molecule has 0 aliphatic rings. The van der Waals surface area contributed by atoms with Gasteiger partial charge in [0.1, 0.15) is 17.5 Å². The number of halogens is 1. The minimum Gasteiger partial charge on any atom is -0.342 e. The summed E-state index contributed by atoms with van der Waals surface area (Å²) >= 11 is 0. The van der Waals surface area contributed by atoms with E-state index in [2.05, 4.69) is 31.8 Å². The van der Waals surface area contributed by atoms with Gasteiger partial charge in [0.15, 0.2) is 0 Å². The lowest BCUT2D eigenvalue weighted by Crippen LogP contribution is -2.31. The van der Waals surface area contributed by atoms with E-state index in [9.17, 15) is 4.39 Å². The number of benzene rings is 1. The van der Waals surface area contributed by atoms with E-state index in [1.54, 1.807) is 6.07 Å². The van der Waals surface area contributed by atoms with E-state index < -0.39 is 0 Å². The van der Waals surface area contributed by atoms with Gasteiger partial charge in [0.05, 0.1) is 11.0 Å². The molecular weight excluding hydrogens is 293 g/mol. The van der Waals surface area contributed by atoms with Crippen molar-refractivity contribution in [2.75, 3.05) is 6.54 Å². The van der Waals surface area contributed by atoms with Crippen molar-refractivity contribution in [3.63, 3.8) is 0 Å². The maximum atomic E-state index is 13.2. The highest BCUT2D eigenvalue weighted by Crippen LogP contribution is 2.13. The molecular formula is C17H22FN5. The largest absolute Gasteiger partial charge is 0.342 e. The molecule has 122 valence electrons. The molecule has 0 aliphatic carbocycles. The fourth-order valence-corrected chi connectivity index (χ4v) is 2.71. The van der Waals surface area contributed by atoms with Crippen LogP contribution in [0.1, 0.15) is 25.0 Å². The Labute approximate surface area is 135 Å². The zero-order valence-electron chi connectivity index (χ0n) is 13.5. The number of aryl methyl sites for hydroxylation is 2. The Balaban J connectivity index is 1.44. The number of aromatic nitrogens is 4. The first-order valence-electron chi connectivity index (χ1n) is 7.97. The average molecular weight is 315 g/mol. The van der Waals surface area contributed by atoms with Crippen LogP contribution >= 0.6 is 0 Å².